The highest BCUT2D eigenvalue weighted by molar-refractivity contribution is 7.87. The molecule has 2 aromatic carbocycles. The first-order chi connectivity index (χ1) is 10.1. The molecule has 1 aliphatic heterocycles. The molecule has 0 bridgehead atoms. The van der Waals surface area contributed by atoms with Crippen molar-refractivity contribution in [2.75, 3.05) is 5.32 Å². The molecule has 2 atom stereocenters. The minimum Gasteiger partial charge on any atom is -0.324 e. The van der Waals surface area contributed by atoms with Crippen LogP contribution in [-0.4, -0.2) is 15.4 Å². The van der Waals surface area contributed by atoms with Crippen molar-refractivity contribution in [2.24, 2.45) is 0 Å². The van der Waals surface area contributed by atoms with Gasteiger partial charge in [0.2, 0.25) is 5.91 Å². The van der Waals surface area contributed by atoms with Crippen LogP contribution >= 0.6 is 23.2 Å². The lowest BCUT2D eigenvalue weighted by atomic mass is 10.1. The van der Waals surface area contributed by atoms with Gasteiger partial charge in [-0.15, -0.1) is 0 Å². The Morgan fingerprint density at radius 2 is 1.86 bits per heavy atom. The van der Waals surface area contributed by atoms with Crippen molar-refractivity contribution in [1.29, 1.82) is 0 Å². The molecule has 0 aromatic heterocycles. The van der Waals surface area contributed by atoms with Gasteiger partial charge in [0.1, 0.15) is 5.25 Å². The minimum atomic E-state index is -1.51. The lowest BCUT2D eigenvalue weighted by Crippen LogP contribution is -2.38. The minimum absolute atomic E-state index is 0.275. The molecule has 6 heteroatoms. The molecule has 1 N–H and O–H groups in total. The Kier molecular flexibility index (Phi) is 4.02. The van der Waals surface area contributed by atoms with Crippen LogP contribution in [0.3, 0.4) is 0 Å². The maximum atomic E-state index is 12.7. The van der Waals surface area contributed by atoms with Gasteiger partial charge in [-0.1, -0.05) is 53.5 Å². The van der Waals surface area contributed by atoms with Crippen molar-refractivity contribution in [3.05, 3.63) is 58.1 Å². The average molecular weight is 340 g/mol. The molecule has 0 saturated carbocycles. The van der Waals surface area contributed by atoms with E-state index in [0.29, 0.717) is 27.0 Å². The van der Waals surface area contributed by atoms with E-state index in [1.165, 1.54) is 6.07 Å². The molecular formula is C15H11Cl2NO2S. The second-order valence-corrected chi connectivity index (χ2v) is 7.15. The van der Waals surface area contributed by atoms with Crippen LogP contribution in [0.5, 0.6) is 0 Å². The number of carbonyl (C=O) groups is 1. The van der Waals surface area contributed by atoms with Crippen molar-refractivity contribution in [3.63, 3.8) is 0 Å². The predicted octanol–water partition coefficient (Wildman–Crippen LogP) is 3.66. The van der Waals surface area contributed by atoms with Gasteiger partial charge >= 0.3 is 0 Å². The number of anilines is 1. The van der Waals surface area contributed by atoms with Crippen LogP contribution in [0.15, 0.2) is 47.4 Å². The summed E-state index contributed by atoms with van der Waals surface area (Å²) >= 11 is 12.0. The highest BCUT2D eigenvalue weighted by atomic mass is 35.5. The van der Waals surface area contributed by atoms with E-state index in [1.54, 1.807) is 6.07 Å². The molecule has 1 heterocycles. The third-order valence-electron chi connectivity index (χ3n) is 3.28. The van der Waals surface area contributed by atoms with Crippen LogP contribution in [-0.2, 0) is 22.0 Å². The second kappa shape index (κ2) is 5.79. The third kappa shape index (κ3) is 2.84. The quantitative estimate of drug-likeness (QED) is 0.907. The molecule has 1 amide bonds. The van der Waals surface area contributed by atoms with E-state index in [9.17, 15) is 9.00 Å². The summed E-state index contributed by atoms with van der Waals surface area (Å²) in [7, 11) is -1.51. The average Bonchev–Trinajstić information content (AvgIpc) is 2.43. The van der Waals surface area contributed by atoms with Gasteiger partial charge in [-0.2, -0.15) is 0 Å². The first kappa shape index (κ1) is 14.6. The van der Waals surface area contributed by atoms with Crippen molar-refractivity contribution >= 4 is 45.6 Å². The Bertz CT molecular complexity index is 734. The fraction of sp³-hybridized carbons (Fsp3) is 0.133. The van der Waals surface area contributed by atoms with Crippen LogP contribution < -0.4 is 5.32 Å². The molecule has 21 heavy (non-hydrogen) atoms. The summed E-state index contributed by atoms with van der Waals surface area (Å²) in [5.41, 5.74) is 1.39. The summed E-state index contributed by atoms with van der Waals surface area (Å²) < 4.78 is 12.7. The van der Waals surface area contributed by atoms with Gasteiger partial charge in [-0.05, 0) is 24.1 Å². The van der Waals surface area contributed by atoms with Crippen molar-refractivity contribution in [3.8, 4) is 0 Å². The number of amides is 1. The van der Waals surface area contributed by atoms with Gasteiger partial charge in [-0.25, -0.2) is 0 Å². The molecule has 108 valence electrons. The van der Waals surface area contributed by atoms with Crippen LogP contribution in [0.2, 0.25) is 10.0 Å². The van der Waals surface area contributed by atoms with Crippen LogP contribution in [0.25, 0.3) is 0 Å². The zero-order valence-electron chi connectivity index (χ0n) is 10.8. The topological polar surface area (TPSA) is 46.2 Å². The maximum absolute atomic E-state index is 12.7. The highest BCUT2D eigenvalue weighted by Crippen LogP contribution is 2.36. The third-order valence-corrected chi connectivity index (χ3v) is 5.65. The van der Waals surface area contributed by atoms with Gasteiger partial charge in [0.25, 0.3) is 0 Å². The summed E-state index contributed by atoms with van der Waals surface area (Å²) in [5, 5.41) is 2.80. The first-order valence-electron chi connectivity index (χ1n) is 6.30. The van der Waals surface area contributed by atoms with E-state index in [0.717, 1.165) is 5.56 Å². The second-order valence-electron chi connectivity index (χ2n) is 4.73. The Morgan fingerprint density at radius 3 is 2.57 bits per heavy atom. The largest absolute Gasteiger partial charge is 0.324 e. The maximum Gasteiger partial charge on any atom is 0.240 e. The van der Waals surface area contributed by atoms with Crippen LogP contribution in [0, 0.1) is 0 Å². The smallest absolute Gasteiger partial charge is 0.240 e. The van der Waals surface area contributed by atoms with Crippen LogP contribution in [0.4, 0.5) is 5.69 Å². The summed E-state index contributed by atoms with van der Waals surface area (Å²) in [6.07, 6.45) is 0.400. The van der Waals surface area contributed by atoms with Crippen molar-refractivity contribution < 1.29 is 9.00 Å². The molecule has 0 saturated heterocycles. The fourth-order valence-corrected chi connectivity index (χ4v) is 4.49. The molecule has 0 radical (unpaired) electrons. The number of carbonyl (C=O) groups excluding carboxylic acids is 1. The summed E-state index contributed by atoms with van der Waals surface area (Å²) in [5.74, 6) is -0.275. The van der Waals surface area contributed by atoms with Gasteiger partial charge in [0.15, 0.2) is 0 Å². The number of hydrogen-bond acceptors (Lipinski definition) is 2. The number of benzene rings is 2. The number of fused-ring (bicyclic) bond motifs is 1. The zero-order valence-corrected chi connectivity index (χ0v) is 13.1. The van der Waals surface area contributed by atoms with E-state index in [2.05, 4.69) is 5.32 Å². The molecule has 2 aromatic rings. The molecule has 0 aliphatic carbocycles. The molecule has 3 rings (SSSR count). The summed E-state index contributed by atoms with van der Waals surface area (Å²) in [6, 6.07) is 12.6. The predicted molar refractivity (Wildman–Crippen MR) is 85.4 cm³/mol. The number of nitrogens with one attached hydrogen (secondary N) is 1. The summed E-state index contributed by atoms with van der Waals surface area (Å²) in [4.78, 5) is 12.6. The van der Waals surface area contributed by atoms with E-state index in [-0.39, 0.29) is 5.91 Å². The van der Waals surface area contributed by atoms with Crippen LogP contribution in [0.1, 0.15) is 5.56 Å². The standard InChI is InChI=1S/C15H11Cl2NO2S/c16-10-7-11(17)14-12(8-10)18-15(19)13(21(14)20)6-9-4-2-1-3-5-9/h1-5,7-8,13H,6H2,(H,18,19). The summed E-state index contributed by atoms with van der Waals surface area (Å²) in [6.45, 7) is 0. The van der Waals surface area contributed by atoms with Gasteiger partial charge in [-0.3, -0.25) is 9.00 Å². The zero-order chi connectivity index (χ0) is 15.0. The molecule has 2 unspecified atom stereocenters. The Labute approximate surface area is 134 Å². The normalized spacial score (nSPS) is 20.8. The Hall–Kier alpha value is -1.36. The Balaban J connectivity index is 1.98. The number of halogens is 2. The van der Waals surface area contributed by atoms with Crippen molar-refractivity contribution in [1.82, 2.24) is 0 Å². The Morgan fingerprint density at radius 1 is 1.14 bits per heavy atom. The lowest BCUT2D eigenvalue weighted by Gasteiger charge is -2.25. The SMILES string of the molecule is O=C1Nc2cc(Cl)cc(Cl)c2S(=O)C1Cc1ccccc1. The first-order valence-corrected chi connectivity index (χ1v) is 8.27. The fourth-order valence-electron chi connectivity index (χ4n) is 2.31. The van der Waals surface area contributed by atoms with Gasteiger partial charge in [0, 0.05) is 5.02 Å². The van der Waals surface area contributed by atoms with E-state index in [4.69, 9.17) is 23.2 Å². The van der Waals surface area contributed by atoms with Gasteiger partial charge in [0.05, 0.1) is 26.4 Å². The molecular weight excluding hydrogens is 329 g/mol. The molecule has 1 aliphatic rings. The van der Waals surface area contributed by atoms with Crippen molar-refractivity contribution in [2.45, 2.75) is 16.6 Å². The van der Waals surface area contributed by atoms with E-state index >= 15 is 0 Å². The number of rotatable bonds is 2. The highest BCUT2D eigenvalue weighted by Gasteiger charge is 2.35. The lowest BCUT2D eigenvalue weighted by molar-refractivity contribution is -0.115. The monoisotopic (exact) mass is 339 g/mol. The van der Waals surface area contributed by atoms with E-state index in [1.807, 2.05) is 30.3 Å². The number of hydrogen-bond donors (Lipinski definition) is 1. The molecule has 0 spiro atoms. The van der Waals surface area contributed by atoms with E-state index < -0.39 is 16.0 Å². The molecule has 3 nitrogen and oxygen atoms in total. The van der Waals surface area contributed by atoms with Gasteiger partial charge < -0.3 is 5.32 Å². The molecule has 0 fully saturated rings.